The molecule has 3 aromatic rings. The Hall–Kier alpha value is -2.18. The molecule has 1 N–H and O–H groups in total. The van der Waals surface area contributed by atoms with Crippen LogP contribution in [0.15, 0.2) is 29.1 Å². The molecule has 5 nitrogen and oxygen atoms in total. The second kappa shape index (κ2) is 7.58. The lowest BCUT2D eigenvalue weighted by atomic mass is 9.84. The van der Waals surface area contributed by atoms with E-state index >= 15 is 0 Å². The van der Waals surface area contributed by atoms with Crippen molar-refractivity contribution >= 4 is 39.1 Å². The Labute approximate surface area is 178 Å². The van der Waals surface area contributed by atoms with E-state index in [4.69, 9.17) is 11.6 Å². The average Bonchev–Trinajstić information content (AvgIpc) is 3.32. The monoisotopic (exact) mass is 429 g/mol. The molecule has 1 amide bonds. The zero-order valence-electron chi connectivity index (χ0n) is 16.8. The van der Waals surface area contributed by atoms with Crippen molar-refractivity contribution in [3.8, 4) is 0 Å². The van der Waals surface area contributed by atoms with Crippen LogP contribution in [0.1, 0.15) is 59.7 Å². The first-order chi connectivity index (χ1) is 13.9. The van der Waals surface area contributed by atoms with Crippen molar-refractivity contribution < 1.29 is 4.79 Å². The van der Waals surface area contributed by atoms with Crippen LogP contribution in [0, 0.1) is 6.92 Å². The van der Waals surface area contributed by atoms with Gasteiger partial charge in [0.05, 0.1) is 15.8 Å². The molecule has 1 aliphatic heterocycles. The van der Waals surface area contributed by atoms with Crippen LogP contribution in [0.5, 0.6) is 0 Å². The Morgan fingerprint density at radius 2 is 1.97 bits per heavy atom. The smallest absolute Gasteiger partial charge is 0.262 e. The molecule has 2 aromatic heterocycles. The number of aromatic nitrogens is 2. The molecule has 0 saturated carbocycles. The third kappa shape index (κ3) is 3.28. The maximum Gasteiger partial charge on any atom is 0.262 e. The van der Waals surface area contributed by atoms with Gasteiger partial charge in [0.25, 0.3) is 11.5 Å². The van der Waals surface area contributed by atoms with Gasteiger partial charge in [-0.1, -0.05) is 37.6 Å². The first-order valence-electron chi connectivity index (χ1n) is 10.0. The first-order valence-corrected chi connectivity index (χ1v) is 11.2. The fourth-order valence-electron chi connectivity index (χ4n) is 4.24. The number of nitrogens with zero attached hydrogens (tertiary/aromatic N) is 2. The van der Waals surface area contributed by atoms with Crippen LogP contribution < -0.4 is 10.9 Å². The standard InChI is InChI=1S/C22H24ClN3O2S/c1-4-22(5-2,14-8-10-15(23)11-9-14)25-19(27)18-13(3)17-20(29-18)24-16-7-6-12-26(16)21(17)28/h8-11H,4-7,12H2,1-3H3,(H,25,27). The molecule has 152 valence electrons. The highest BCUT2D eigenvalue weighted by Crippen LogP contribution is 2.33. The Morgan fingerprint density at radius 3 is 2.62 bits per heavy atom. The van der Waals surface area contributed by atoms with Crippen molar-refractivity contribution in [2.24, 2.45) is 0 Å². The van der Waals surface area contributed by atoms with Crippen LogP contribution >= 0.6 is 22.9 Å². The highest BCUT2D eigenvalue weighted by atomic mass is 35.5. The number of thiophene rings is 1. The molecule has 29 heavy (non-hydrogen) atoms. The Kier molecular flexibility index (Phi) is 5.25. The second-order valence-corrected chi connectivity index (χ2v) is 9.01. The topological polar surface area (TPSA) is 64.0 Å². The fourth-order valence-corrected chi connectivity index (χ4v) is 5.45. The van der Waals surface area contributed by atoms with Gasteiger partial charge in [0.2, 0.25) is 0 Å². The van der Waals surface area contributed by atoms with Gasteiger partial charge in [-0.25, -0.2) is 4.98 Å². The second-order valence-electron chi connectivity index (χ2n) is 7.57. The number of carbonyl (C=O) groups excluding carboxylic acids is 1. The van der Waals surface area contributed by atoms with Gasteiger partial charge in [-0.2, -0.15) is 0 Å². The predicted octanol–water partition coefficient (Wildman–Crippen LogP) is 4.81. The Bertz CT molecular complexity index is 1140. The normalized spacial score (nSPS) is 13.7. The summed E-state index contributed by atoms with van der Waals surface area (Å²) in [4.78, 5) is 32.1. The summed E-state index contributed by atoms with van der Waals surface area (Å²) in [6.45, 7) is 6.68. The van der Waals surface area contributed by atoms with Crippen LogP contribution in [0.3, 0.4) is 0 Å². The molecule has 3 heterocycles. The van der Waals surface area contributed by atoms with Crippen LogP contribution in [0.25, 0.3) is 10.2 Å². The number of carbonyl (C=O) groups is 1. The molecule has 0 bridgehead atoms. The summed E-state index contributed by atoms with van der Waals surface area (Å²) in [7, 11) is 0. The van der Waals surface area contributed by atoms with Gasteiger partial charge in [0.15, 0.2) is 0 Å². The fraction of sp³-hybridized carbons (Fsp3) is 0.409. The lowest BCUT2D eigenvalue weighted by Crippen LogP contribution is -2.45. The van der Waals surface area contributed by atoms with Crippen molar-refractivity contribution in [1.29, 1.82) is 0 Å². The number of aryl methyl sites for hydroxylation is 2. The third-order valence-electron chi connectivity index (χ3n) is 6.07. The van der Waals surface area contributed by atoms with Gasteiger partial charge in [-0.3, -0.25) is 14.2 Å². The average molecular weight is 430 g/mol. The minimum atomic E-state index is -0.492. The molecule has 0 spiro atoms. The van der Waals surface area contributed by atoms with E-state index in [0.717, 1.165) is 42.6 Å². The molecule has 0 radical (unpaired) electrons. The molecule has 0 aliphatic carbocycles. The van der Waals surface area contributed by atoms with E-state index in [-0.39, 0.29) is 11.5 Å². The summed E-state index contributed by atoms with van der Waals surface area (Å²) in [5.74, 6) is 0.669. The summed E-state index contributed by atoms with van der Waals surface area (Å²) in [5, 5.41) is 4.50. The van der Waals surface area contributed by atoms with Gasteiger partial charge in [-0.15, -0.1) is 11.3 Å². The highest BCUT2D eigenvalue weighted by molar-refractivity contribution is 7.20. The van der Waals surface area contributed by atoms with E-state index in [9.17, 15) is 9.59 Å². The molecule has 0 fully saturated rings. The van der Waals surface area contributed by atoms with Crippen molar-refractivity contribution in [2.45, 2.75) is 58.5 Å². The van der Waals surface area contributed by atoms with E-state index in [0.29, 0.717) is 26.7 Å². The molecule has 1 aliphatic rings. The van der Waals surface area contributed by atoms with E-state index in [1.54, 1.807) is 4.57 Å². The highest BCUT2D eigenvalue weighted by Gasteiger charge is 2.32. The number of amides is 1. The molecular formula is C22H24ClN3O2S. The molecule has 0 saturated heterocycles. The van der Waals surface area contributed by atoms with Crippen molar-refractivity contribution in [3.63, 3.8) is 0 Å². The summed E-state index contributed by atoms with van der Waals surface area (Å²) in [6, 6.07) is 7.62. The number of benzene rings is 1. The van der Waals surface area contributed by atoms with Crippen LogP contribution in [0.2, 0.25) is 5.02 Å². The van der Waals surface area contributed by atoms with Gasteiger partial charge < -0.3 is 5.32 Å². The number of halogens is 1. The van der Waals surface area contributed by atoms with Crippen molar-refractivity contribution in [3.05, 3.63) is 61.5 Å². The third-order valence-corrected chi connectivity index (χ3v) is 7.51. The number of rotatable bonds is 5. The van der Waals surface area contributed by atoms with Crippen LogP contribution in [-0.4, -0.2) is 15.5 Å². The number of hydrogen-bond acceptors (Lipinski definition) is 4. The molecule has 4 rings (SSSR count). The van der Waals surface area contributed by atoms with E-state index < -0.39 is 5.54 Å². The lowest BCUT2D eigenvalue weighted by molar-refractivity contribution is 0.0893. The summed E-state index contributed by atoms with van der Waals surface area (Å²) in [6.07, 6.45) is 3.25. The van der Waals surface area contributed by atoms with Crippen LogP contribution in [-0.2, 0) is 18.5 Å². The summed E-state index contributed by atoms with van der Waals surface area (Å²) in [5.41, 5.74) is 1.23. The number of fused-ring (bicyclic) bond motifs is 2. The van der Waals surface area contributed by atoms with Gasteiger partial charge in [0, 0.05) is 18.0 Å². The molecule has 0 atom stereocenters. The Balaban J connectivity index is 1.75. The van der Waals surface area contributed by atoms with Crippen molar-refractivity contribution in [1.82, 2.24) is 14.9 Å². The number of hydrogen-bond donors (Lipinski definition) is 1. The molecule has 7 heteroatoms. The summed E-state index contributed by atoms with van der Waals surface area (Å²) < 4.78 is 1.75. The van der Waals surface area contributed by atoms with Gasteiger partial charge in [0.1, 0.15) is 10.7 Å². The van der Waals surface area contributed by atoms with Gasteiger partial charge >= 0.3 is 0 Å². The minimum Gasteiger partial charge on any atom is -0.342 e. The predicted molar refractivity (Wildman–Crippen MR) is 118 cm³/mol. The van der Waals surface area contributed by atoms with Gasteiger partial charge in [-0.05, 0) is 49.4 Å². The van der Waals surface area contributed by atoms with E-state index in [1.165, 1.54) is 11.3 Å². The maximum absolute atomic E-state index is 13.3. The first kappa shape index (κ1) is 20.1. The number of nitrogens with one attached hydrogen (secondary N) is 1. The molecular weight excluding hydrogens is 406 g/mol. The minimum absolute atomic E-state index is 0.0229. The summed E-state index contributed by atoms with van der Waals surface area (Å²) >= 11 is 7.36. The zero-order chi connectivity index (χ0) is 20.8. The molecule has 1 aromatic carbocycles. The van der Waals surface area contributed by atoms with E-state index in [1.807, 2.05) is 31.2 Å². The lowest BCUT2D eigenvalue weighted by Gasteiger charge is -2.33. The quantitative estimate of drug-likeness (QED) is 0.632. The largest absolute Gasteiger partial charge is 0.342 e. The zero-order valence-corrected chi connectivity index (χ0v) is 18.4. The Morgan fingerprint density at radius 1 is 1.28 bits per heavy atom. The van der Waals surface area contributed by atoms with Crippen LogP contribution in [0.4, 0.5) is 0 Å². The van der Waals surface area contributed by atoms with E-state index in [2.05, 4.69) is 24.1 Å². The maximum atomic E-state index is 13.3. The van der Waals surface area contributed by atoms with Crippen molar-refractivity contribution in [2.75, 3.05) is 0 Å². The SMILES string of the molecule is CCC(CC)(NC(=O)c1sc2nc3n(c(=O)c2c1C)CCC3)c1ccc(Cl)cc1. The molecule has 0 unspecified atom stereocenters.